The van der Waals surface area contributed by atoms with Crippen molar-refractivity contribution in [1.29, 1.82) is 0 Å². The second-order valence-corrected chi connectivity index (χ2v) is 3.12. The van der Waals surface area contributed by atoms with Gasteiger partial charge in [0.25, 0.3) is 5.95 Å². The molecule has 1 aromatic rings. The number of para-hydroxylation sites is 1. The summed E-state index contributed by atoms with van der Waals surface area (Å²) in [6.45, 7) is 0. The zero-order valence-electron chi connectivity index (χ0n) is 7.92. The van der Waals surface area contributed by atoms with Crippen LogP contribution in [0, 0.1) is 0 Å². The van der Waals surface area contributed by atoms with Crippen LogP contribution in [0.15, 0.2) is 42.4 Å². The molecule has 1 unspecified atom stereocenters. The van der Waals surface area contributed by atoms with Gasteiger partial charge in [0.15, 0.2) is 0 Å². The molecule has 0 bridgehead atoms. The number of ether oxygens (including phenoxy) is 2. The lowest BCUT2D eigenvalue weighted by Gasteiger charge is -2.09. The number of carboxylic acid groups (broad SMARTS) is 1. The maximum absolute atomic E-state index is 10.6. The van der Waals surface area contributed by atoms with E-state index in [0.717, 1.165) is 0 Å². The van der Waals surface area contributed by atoms with E-state index in [0.29, 0.717) is 12.2 Å². The van der Waals surface area contributed by atoms with Crippen LogP contribution in [0.2, 0.25) is 0 Å². The van der Waals surface area contributed by atoms with Gasteiger partial charge in [-0.3, -0.25) is 0 Å². The SMILES string of the molecule is O=C(O)C1CC=C(Oc2ccccc2)O1. The molecule has 0 aliphatic carbocycles. The highest BCUT2D eigenvalue weighted by molar-refractivity contribution is 5.73. The second kappa shape index (κ2) is 4.04. The number of carboxylic acids is 1. The first-order chi connectivity index (χ1) is 7.25. The molecular weight excluding hydrogens is 196 g/mol. The molecule has 4 nitrogen and oxygen atoms in total. The quantitative estimate of drug-likeness (QED) is 0.819. The summed E-state index contributed by atoms with van der Waals surface area (Å²) in [5.74, 6) is -0.0821. The summed E-state index contributed by atoms with van der Waals surface area (Å²) in [5, 5.41) is 8.68. The van der Waals surface area contributed by atoms with Gasteiger partial charge in [-0.25, -0.2) is 4.79 Å². The van der Waals surface area contributed by atoms with Gasteiger partial charge < -0.3 is 14.6 Å². The van der Waals surface area contributed by atoms with Gasteiger partial charge in [-0.2, -0.15) is 0 Å². The Morgan fingerprint density at radius 2 is 2.13 bits per heavy atom. The Hall–Kier alpha value is -1.97. The summed E-state index contributed by atoms with van der Waals surface area (Å²) in [5.41, 5.74) is 0. The Kier molecular flexibility index (Phi) is 2.58. The minimum atomic E-state index is -0.974. The van der Waals surface area contributed by atoms with Gasteiger partial charge in [0.2, 0.25) is 6.10 Å². The van der Waals surface area contributed by atoms with Crippen LogP contribution in [0.1, 0.15) is 6.42 Å². The van der Waals surface area contributed by atoms with Crippen molar-refractivity contribution >= 4 is 5.97 Å². The van der Waals surface area contributed by atoms with Crippen LogP contribution in [0.25, 0.3) is 0 Å². The number of benzene rings is 1. The summed E-state index contributed by atoms with van der Waals surface area (Å²) < 4.78 is 10.4. The van der Waals surface area contributed by atoms with E-state index in [-0.39, 0.29) is 5.95 Å². The fourth-order valence-electron chi connectivity index (χ4n) is 1.26. The molecule has 1 aromatic carbocycles. The van der Waals surface area contributed by atoms with Crippen LogP contribution in [-0.4, -0.2) is 17.2 Å². The molecule has 0 amide bonds. The summed E-state index contributed by atoms with van der Waals surface area (Å²) in [6, 6.07) is 9.09. The lowest BCUT2D eigenvalue weighted by molar-refractivity contribution is -0.148. The van der Waals surface area contributed by atoms with Crippen molar-refractivity contribution in [2.75, 3.05) is 0 Å². The number of rotatable bonds is 3. The van der Waals surface area contributed by atoms with Crippen LogP contribution in [-0.2, 0) is 9.53 Å². The molecule has 0 fully saturated rings. The molecular formula is C11H10O4. The summed E-state index contributed by atoms with van der Waals surface area (Å²) >= 11 is 0. The van der Waals surface area contributed by atoms with Gasteiger partial charge in [0.1, 0.15) is 5.75 Å². The van der Waals surface area contributed by atoms with Crippen LogP contribution >= 0.6 is 0 Å². The van der Waals surface area contributed by atoms with Crippen LogP contribution in [0.4, 0.5) is 0 Å². The minimum Gasteiger partial charge on any atom is -0.478 e. The van der Waals surface area contributed by atoms with Gasteiger partial charge in [-0.15, -0.1) is 0 Å². The molecule has 1 atom stereocenters. The third-order valence-corrected chi connectivity index (χ3v) is 1.99. The van der Waals surface area contributed by atoms with Gasteiger partial charge in [0, 0.05) is 12.5 Å². The number of hydrogen-bond donors (Lipinski definition) is 1. The van der Waals surface area contributed by atoms with E-state index < -0.39 is 12.1 Å². The van der Waals surface area contributed by atoms with E-state index in [9.17, 15) is 4.79 Å². The molecule has 78 valence electrons. The third-order valence-electron chi connectivity index (χ3n) is 1.99. The van der Waals surface area contributed by atoms with Crippen molar-refractivity contribution in [2.45, 2.75) is 12.5 Å². The Morgan fingerprint density at radius 1 is 1.40 bits per heavy atom. The predicted molar refractivity (Wildman–Crippen MR) is 52.3 cm³/mol. The minimum absolute atomic E-state index is 0.258. The van der Waals surface area contributed by atoms with E-state index >= 15 is 0 Å². The fourth-order valence-corrected chi connectivity index (χ4v) is 1.26. The monoisotopic (exact) mass is 206 g/mol. The average molecular weight is 206 g/mol. The van der Waals surface area contributed by atoms with Gasteiger partial charge in [-0.05, 0) is 12.1 Å². The molecule has 0 saturated heterocycles. The Labute approximate surface area is 86.7 Å². The number of aliphatic carboxylic acids is 1. The van der Waals surface area contributed by atoms with Crippen molar-refractivity contribution in [3.63, 3.8) is 0 Å². The van der Waals surface area contributed by atoms with Crippen molar-refractivity contribution in [3.8, 4) is 5.75 Å². The van der Waals surface area contributed by atoms with Crippen molar-refractivity contribution in [2.24, 2.45) is 0 Å². The van der Waals surface area contributed by atoms with Crippen molar-refractivity contribution in [1.82, 2.24) is 0 Å². The van der Waals surface area contributed by atoms with E-state index in [2.05, 4.69) is 0 Å². The van der Waals surface area contributed by atoms with Crippen molar-refractivity contribution in [3.05, 3.63) is 42.4 Å². The zero-order valence-corrected chi connectivity index (χ0v) is 7.92. The molecule has 1 aliphatic rings. The largest absolute Gasteiger partial charge is 0.478 e. The predicted octanol–water partition coefficient (Wildman–Crippen LogP) is 1.78. The third kappa shape index (κ3) is 2.28. The molecule has 1 aliphatic heterocycles. The summed E-state index contributed by atoms with van der Waals surface area (Å²) in [6.07, 6.45) is 1.16. The van der Waals surface area contributed by atoms with Crippen LogP contribution in [0.3, 0.4) is 0 Å². The highest BCUT2D eigenvalue weighted by Gasteiger charge is 2.26. The fraction of sp³-hybridized carbons (Fsp3) is 0.182. The van der Waals surface area contributed by atoms with Crippen LogP contribution in [0.5, 0.6) is 5.75 Å². The maximum atomic E-state index is 10.6. The summed E-state index contributed by atoms with van der Waals surface area (Å²) in [4.78, 5) is 10.6. The van der Waals surface area contributed by atoms with Gasteiger partial charge in [-0.1, -0.05) is 18.2 Å². The average Bonchev–Trinajstić information content (AvgIpc) is 2.68. The maximum Gasteiger partial charge on any atom is 0.345 e. The molecule has 4 heteroatoms. The first-order valence-electron chi connectivity index (χ1n) is 4.58. The lowest BCUT2D eigenvalue weighted by Crippen LogP contribution is -2.19. The van der Waals surface area contributed by atoms with Gasteiger partial charge in [0.05, 0.1) is 0 Å². The van der Waals surface area contributed by atoms with Crippen molar-refractivity contribution < 1.29 is 19.4 Å². The molecule has 0 radical (unpaired) electrons. The summed E-state index contributed by atoms with van der Waals surface area (Å²) in [7, 11) is 0. The molecule has 0 spiro atoms. The molecule has 0 saturated carbocycles. The molecule has 1 N–H and O–H groups in total. The van der Waals surface area contributed by atoms with E-state index in [1.54, 1.807) is 18.2 Å². The van der Waals surface area contributed by atoms with E-state index in [1.807, 2.05) is 18.2 Å². The van der Waals surface area contributed by atoms with Gasteiger partial charge >= 0.3 is 5.97 Å². The Bertz CT molecular complexity index is 383. The highest BCUT2D eigenvalue weighted by Crippen LogP contribution is 2.21. The number of carbonyl (C=O) groups is 1. The van der Waals surface area contributed by atoms with E-state index in [4.69, 9.17) is 14.6 Å². The molecule has 15 heavy (non-hydrogen) atoms. The van der Waals surface area contributed by atoms with E-state index in [1.165, 1.54) is 0 Å². The Balaban J connectivity index is 1.96. The second-order valence-electron chi connectivity index (χ2n) is 3.12. The Morgan fingerprint density at radius 3 is 2.73 bits per heavy atom. The first kappa shape index (κ1) is 9.58. The lowest BCUT2D eigenvalue weighted by atomic mass is 10.3. The number of hydrogen-bond acceptors (Lipinski definition) is 3. The topological polar surface area (TPSA) is 55.8 Å². The highest BCUT2D eigenvalue weighted by atomic mass is 16.7. The molecule has 0 aromatic heterocycles. The smallest absolute Gasteiger partial charge is 0.345 e. The molecule has 1 heterocycles. The first-order valence-corrected chi connectivity index (χ1v) is 4.58. The standard InChI is InChI=1S/C11H10O4/c12-11(13)9-6-7-10(15-9)14-8-4-2-1-3-5-8/h1-5,7,9H,6H2,(H,12,13). The zero-order chi connectivity index (χ0) is 10.7. The van der Waals surface area contributed by atoms with Crippen LogP contribution < -0.4 is 4.74 Å². The molecule has 2 rings (SSSR count). The normalized spacial score (nSPS) is 19.2.